The van der Waals surface area contributed by atoms with Gasteiger partial charge in [-0.3, -0.25) is 9.78 Å². The molecule has 0 bridgehead atoms. The SMILES string of the molecule is O=c1c(Nc2ccncc2)nc(Cl)c(Cc2ccccc2)n1Cc1ccccc1. The number of hydrogen-bond donors (Lipinski definition) is 1. The fraction of sp³-hybridized carbons (Fsp3) is 0.0870. The van der Waals surface area contributed by atoms with Crippen molar-refractivity contribution in [3.8, 4) is 0 Å². The van der Waals surface area contributed by atoms with Crippen molar-refractivity contribution in [2.45, 2.75) is 13.0 Å². The van der Waals surface area contributed by atoms with Crippen molar-refractivity contribution in [3.05, 3.63) is 118 Å². The quantitative estimate of drug-likeness (QED) is 0.509. The molecular weight excluding hydrogens is 384 g/mol. The Labute approximate surface area is 173 Å². The van der Waals surface area contributed by atoms with Crippen LogP contribution in [0.5, 0.6) is 0 Å². The fourth-order valence-electron chi connectivity index (χ4n) is 3.12. The summed E-state index contributed by atoms with van der Waals surface area (Å²) in [4.78, 5) is 21.7. The maximum Gasteiger partial charge on any atom is 0.294 e. The van der Waals surface area contributed by atoms with Crippen molar-refractivity contribution in [2.75, 3.05) is 5.32 Å². The Morgan fingerprint density at radius 3 is 2.14 bits per heavy atom. The van der Waals surface area contributed by atoms with Gasteiger partial charge in [-0.15, -0.1) is 0 Å². The fourth-order valence-corrected chi connectivity index (χ4v) is 3.37. The molecule has 2 aromatic carbocycles. The number of hydrogen-bond acceptors (Lipinski definition) is 4. The molecule has 1 N–H and O–H groups in total. The van der Waals surface area contributed by atoms with Gasteiger partial charge in [0, 0.05) is 24.5 Å². The number of nitrogens with zero attached hydrogens (tertiary/aromatic N) is 3. The van der Waals surface area contributed by atoms with Gasteiger partial charge in [0.05, 0.1) is 12.2 Å². The second-order valence-corrected chi connectivity index (χ2v) is 6.96. The molecule has 0 atom stereocenters. The Morgan fingerprint density at radius 1 is 0.862 bits per heavy atom. The Kier molecular flexibility index (Phi) is 5.68. The van der Waals surface area contributed by atoms with Gasteiger partial charge >= 0.3 is 0 Å². The van der Waals surface area contributed by atoms with E-state index in [1.54, 1.807) is 29.1 Å². The highest BCUT2D eigenvalue weighted by Gasteiger charge is 2.16. The van der Waals surface area contributed by atoms with E-state index in [0.29, 0.717) is 23.8 Å². The predicted octanol–water partition coefficient (Wildman–Crippen LogP) is 4.67. The standard InChI is InChI=1S/C23H19ClN4O/c24-21-20(15-17-7-3-1-4-8-17)28(16-18-9-5-2-6-10-18)23(29)22(27-21)26-19-11-13-25-14-12-19/h1-14H,15-16H2,(H,25,26,27). The van der Waals surface area contributed by atoms with Crippen LogP contribution >= 0.6 is 11.6 Å². The number of pyridine rings is 1. The summed E-state index contributed by atoms with van der Waals surface area (Å²) < 4.78 is 1.70. The zero-order valence-electron chi connectivity index (χ0n) is 15.6. The highest BCUT2D eigenvalue weighted by molar-refractivity contribution is 6.30. The van der Waals surface area contributed by atoms with E-state index in [1.807, 2.05) is 60.7 Å². The van der Waals surface area contributed by atoms with Crippen molar-refractivity contribution in [1.29, 1.82) is 0 Å². The van der Waals surface area contributed by atoms with Crippen LogP contribution in [0.1, 0.15) is 16.8 Å². The van der Waals surface area contributed by atoms with Gasteiger partial charge in [-0.2, -0.15) is 0 Å². The average molecular weight is 403 g/mol. The molecule has 0 aliphatic rings. The monoisotopic (exact) mass is 402 g/mol. The van der Waals surface area contributed by atoms with Gasteiger partial charge < -0.3 is 9.88 Å². The average Bonchev–Trinajstić information content (AvgIpc) is 2.76. The van der Waals surface area contributed by atoms with E-state index < -0.39 is 0 Å². The molecule has 5 nitrogen and oxygen atoms in total. The van der Waals surface area contributed by atoms with E-state index in [4.69, 9.17) is 11.6 Å². The van der Waals surface area contributed by atoms with Crippen LogP contribution in [0.4, 0.5) is 11.5 Å². The largest absolute Gasteiger partial charge is 0.335 e. The van der Waals surface area contributed by atoms with Crippen LogP contribution in [0, 0.1) is 0 Å². The van der Waals surface area contributed by atoms with Crippen LogP contribution < -0.4 is 10.9 Å². The third-order valence-corrected chi connectivity index (χ3v) is 4.87. The third kappa shape index (κ3) is 4.52. The summed E-state index contributed by atoms with van der Waals surface area (Å²) >= 11 is 6.57. The number of rotatable bonds is 6. The van der Waals surface area contributed by atoms with Crippen molar-refractivity contribution < 1.29 is 0 Å². The highest BCUT2D eigenvalue weighted by Crippen LogP contribution is 2.20. The van der Waals surface area contributed by atoms with E-state index in [9.17, 15) is 4.79 Å². The predicted molar refractivity (Wildman–Crippen MR) is 116 cm³/mol. The lowest BCUT2D eigenvalue weighted by Crippen LogP contribution is -2.28. The van der Waals surface area contributed by atoms with Gasteiger partial charge in [0.1, 0.15) is 0 Å². The molecule has 0 aliphatic heterocycles. The maximum absolute atomic E-state index is 13.3. The minimum Gasteiger partial charge on any atom is -0.335 e. The Hall–Kier alpha value is -3.44. The van der Waals surface area contributed by atoms with Gasteiger partial charge in [-0.25, -0.2) is 4.98 Å². The molecular formula is C23H19ClN4O. The first kappa shape index (κ1) is 18.9. The van der Waals surface area contributed by atoms with Crippen LogP contribution in [0.15, 0.2) is 90.0 Å². The molecule has 0 amide bonds. The zero-order valence-corrected chi connectivity index (χ0v) is 16.4. The van der Waals surface area contributed by atoms with Crippen molar-refractivity contribution in [2.24, 2.45) is 0 Å². The summed E-state index contributed by atoms with van der Waals surface area (Å²) in [5.41, 5.74) is 3.27. The molecule has 0 aliphatic carbocycles. The summed E-state index contributed by atoms with van der Waals surface area (Å²) in [5, 5.41) is 3.37. The van der Waals surface area contributed by atoms with E-state index in [0.717, 1.165) is 16.8 Å². The normalized spacial score (nSPS) is 10.7. The van der Waals surface area contributed by atoms with Gasteiger partial charge in [-0.1, -0.05) is 72.3 Å². The maximum atomic E-state index is 13.3. The summed E-state index contributed by atoms with van der Waals surface area (Å²) in [5.74, 6) is 0.189. The van der Waals surface area contributed by atoms with Crippen molar-refractivity contribution >= 4 is 23.1 Å². The second kappa shape index (κ2) is 8.71. The second-order valence-electron chi connectivity index (χ2n) is 6.60. The van der Waals surface area contributed by atoms with Crippen LogP contribution in [-0.2, 0) is 13.0 Å². The van der Waals surface area contributed by atoms with E-state index >= 15 is 0 Å². The molecule has 0 radical (unpaired) electrons. The van der Waals surface area contributed by atoms with Gasteiger partial charge in [0.15, 0.2) is 11.0 Å². The summed E-state index contributed by atoms with van der Waals surface area (Å²) in [6, 6.07) is 23.3. The summed E-state index contributed by atoms with van der Waals surface area (Å²) in [6.07, 6.45) is 3.82. The molecule has 4 rings (SSSR count). The summed E-state index contributed by atoms with van der Waals surface area (Å²) in [6.45, 7) is 0.412. The van der Waals surface area contributed by atoms with Crippen molar-refractivity contribution in [1.82, 2.24) is 14.5 Å². The zero-order chi connectivity index (χ0) is 20.1. The topological polar surface area (TPSA) is 59.8 Å². The number of aromatic nitrogens is 3. The van der Waals surface area contributed by atoms with Gasteiger partial charge in [0.25, 0.3) is 5.56 Å². The first-order chi connectivity index (χ1) is 14.2. The lowest BCUT2D eigenvalue weighted by Gasteiger charge is -2.17. The molecule has 6 heteroatoms. The van der Waals surface area contributed by atoms with Crippen LogP contribution in [-0.4, -0.2) is 14.5 Å². The Bertz CT molecular complexity index is 1150. The van der Waals surface area contributed by atoms with Crippen LogP contribution in [0.2, 0.25) is 5.15 Å². The first-order valence-electron chi connectivity index (χ1n) is 9.25. The number of benzene rings is 2. The van der Waals surface area contributed by atoms with Gasteiger partial charge in [0.2, 0.25) is 0 Å². The summed E-state index contributed by atoms with van der Waals surface area (Å²) in [7, 11) is 0. The lowest BCUT2D eigenvalue weighted by molar-refractivity contribution is 0.705. The van der Waals surface area contributed by atoms with Gasteiger partial charge in [-0.05, 0) is 23.3 Å². The molecule has 0 fully saturated rings. The molecule has 2 aromatic heterocycles. The van der Waals surface area contributed by atoms with Crippen molar-refractivity contribution in [3.63, 3.8) is 0 Å². The lowest BCUT2D eigenvalue weighted by atomic mass is 10.1. The smallest absolute Gasteiger partial charge is 0.294 e. The number of halogens is 1. The minimum absolute atomic E-state index is 0.189. The molecule has 0 spiro atoms. The highest BCUT2D eigenvalue weighted by atomic mass is 35.5. The van der Waals surface area contributed by atoms with E-state index in [2.05, 4.69) is 15.3 Å². The molecule has 29 heavy (non-hydrogen) atoms. The minimum atomic E-state index is -0.221. The first-order valence-corrected chi connectivity index (χ1v) is 9.62. The molecule has 2 heterocycles. The van der Waals surface area contributed by atoms with Crippen LogP contribution in [0.25, 0.3) is 0 Å². The third-order valence-electron chi connectivity index (χ3n) is 4.56. The van der Waals surface area contributed by atoms with E-state index in [-0.39, 0.29) is 11.4 Å². The Morgan fingerprint density at radius 2 is 1.48 bits per heavy atom. The molecule has 144 valence electrons. The Balaban J connectivity index is 1.79. The molecule has 0 unspecified atom stereocenters. The number of nitrogens with one attached hydrogen (secondary N) is 1. The molecule has 0 saturated heterocycles. The molecule has 0 saturated carbocycles. The molecule has 4 aromatic rings. The van der Waals surface area contributed by atoms with E-state index in [1.165, 1.54) is 0 Å². The van der Waals surface area contributed by atoms with Crippen LogP contribution in [0.3, 0.4) is 0 Å². The number of anilines is 2.